The van der Waals surface area contributed by atoms with Crippen molar-refractivity contribution in [3.8, 4) is 0 Å². The third-order valence-corrected chi connectivity index (χ3v) is 3.83. The van der Waals surface area contributed by atoms with Crippen molar-refractivity contribution in [3.05, 3.63) is 35.9 Å². The van der Waals surface area contributed by atoms with Crippen LogP contribution < -0.4 is 0 Å². The summed E-state index contributed by atoms with van der Waals surface area (Å²) in [4.78, 5) is 0. The van der Waals surface area contributed by atoms with E-state index in [1.165, 1.54) is 5.56 Å². The van der Waals surface area contributed by atoms with Gasteiger partial charge in [-0.1, -0.05) is 43.2 Å². The molecular weight excluding hydrogens is 236 g/mol. The lowest BCUT2D eigenvalue weighted by atomic mass is 9.82. The Balaban J connectivity index is 2.18. The average Bonchev–Trinajstić information content (AvgIpc) is 2.29. The van der Waals surface area contributed by atoms with Gasteiger partial charge in [0.05, 0.1) is 12.4 Å². The van der Waals surface area contributed by atoms with Crippen LogP contribution in [-0.4, -0.2) is 20.8 Å². The average molecular weight is 254 g/mol. The van der Waals surface area contributed by atoms with E-state index < -0.39 is 10.1 Å². The molecule has 0 aliphatic heterocycles. The Hall–Kier alpha value is -0.870. The fourth-order valence-corrected chi connectivity index (χ4v) is 3.20. The minimum atomic E-state index is -3.36. The summed E-state index contributed by atoms with van der Waals surface area (Å²) in [7, 11) is -3.36. The monoisotopic (exact) mass is 254 g/mol. The Morgan fingerprint density at radius 3 is 2.41 bits per heavy atom. The molecule has 1 aromatic carbocycles. The van der Waals surface area contributed by atoms with Crippen LogP contribution in [-0.2, 0) is 14.3 Å². The van der Waals surface area contributed by atoms with E-state index in [0.717, 1.165) is 31.9 Å². The maximum Gasteiger partial charge on any atom is 0.264 e. The van der Waals surface area contributed by atoms with Gasteiger partial charge in [-0.15, -0.1) is 0 Å². The molecule has 1 saturated carbocycles. The van der Waals surface area contributed by atoms with Crippen LogP contribution in [0.2, 0.25) is 0 Å². The van der Waals surface area contributed by atoms with Crippen LogP contribution in [0.25, 0.3) is 0 Å². The van der Waals surface area contributed by atoms with Crippen molar-refractivity contribution >= 4 is 10.1 Å². The Morgan fingerprint density at radius 2 is 1.76 bits per heavy atom. The van der Waals surface area contributed by atoms with Crippen LogP contribution >= 0.6 is 0 Å². The second-order valence-electron chi connectivity index (χ2n) is 4.64. The fourth-order valence-electron chi connectivity index (χ4n) is 2.52. The van der Waals surface area contributed by atoms with Gasteiger partial charge < -0.3 is 0 Å². The molecule has 3 nitrogen and oxygen atoms in total. The fraction of sp³-hybridized carbons (Fsp3) is 0.538. The molecule has 2 rings (SSSR count). The van der Waals surface area contributed by atoms with Gasteiger partial charge in [0.1, 0.15) is 0 Å². The largest absolute Gasteiger partial charge is 0.266 e. The first-order chi connectivity index (χ1) is 8.06. The quantitative estimate of drug-likeness (QED) is 0.779. The van der Waals surface area contributed by atoms with Gasteiger partial charge in [0.15, 0.2) is 0 Å². The highest BCUT2D eigenvalue weighted by Gasteiger charge is 2.29. The molecule has 94 valence electrons. The molecule has 0 aromatic heterocycles. The van der Waals surface area contributed by atoms with Gasteiger partial charge >= 0.3 is 0 Å². The lowest BCUT2D eigenvalue weighted by molar-refractivity contribution is 0.138. The lowest BCUT2D eigenvalue weighted by Gasteiger charge is -2.30. The molecule has 0 spiro atoms. The normalized spacial score (nSPS) is 25.7. The smallest absolute Gasteiger partial charge is 0.264 e. The zero-order chi connectivity index (χ0) is 12.3. The first-order valence-corrected chi connectivity index (χ1v) is 7.81. The zero-order valence-electron chi connectivity index (χ0n) is 10.0. The summed E-state index contributed by atoms with van der Waals surface area (Å²) >= 11 is 0. The first-order valence-electron chi connectivity index (χ1n) is 5.99. The molecule has 0 amide bonds. The highest BCUT2D eigenvalue weighted by Crippen LogP contribution is 2.35. The molecule has 0 unspecified atom stereocenters. The summed E-state index contributed by atoms with van der Waals surface area (Å²) in [6.07, 6.45) is 4.95. The lowest BCUT2D eigenvalue weighted by Crippen LogP contribution is -2.28. The van der Waals surface area contributed by atoms with Crippen molar-refractivity contribution in [1.29, 1.82) is 0 Å². The van der Waals surface area contributed by atoms with Crippen LogP contribution in [0, 0.1) is 0 Å². The van der Waals surface area contributed by atoms with Crippen LogP contribution in [0.15, 0.2) is 30.3 Å². The van der Waals surface area contributed by atoms with Crippen LogP contribution in [0.3, 0.4) is 0 Å². The van der Waals surface area contributed by atoms with Crippen molar-refractivity contribution in [2.45, 2.75) is 37.7 Å². The number of hydrogen-bond acceptors (Lipinski definition) is 3. The van der Waals surface area contributed by atoms with E-state index in [0.29, 0.717) is 0 Å². The molecule has 1 aliphatic carbocycles. The van der Waals surface area contributed by atoms with E-state index in [1.54, 1.807) is 0 Å². The molecule has 1 fully saturated rings. The summed E-state index contributed by atoms with van der Waals surface area (Å²) in [6, 6.07) is 10.0. The van der Waals surface area contributed by atoms with Crippen molar-refractivity contribution < 1.29 is 12.6 Å². The van der Waals surface area contributed by atoms with Gasteiger partial charge in [0.25, 0.3) is 10.1 Å². The maximum absolute atomic E-state index is 11.3. The molecule has 2 atom stereocenters. The third-order valence-electron chi connectivity index (χ3n) is 3.23. The van der Waals surface area contributed by atoms with Gasteiger partial charge in [-0.2, -0.15) is 8.42 Å². The molecule has 0 heterocycles. The van der Waals surface area contributed by atoms with Gasteiger partial charge in [-0.25, -0.2) is 0 Å². The minimum absolute atomic E-state index is 0.193. The summed E-state index contributed by atoms with van der Waals surface area (Å²) in [6.45, 7) is 0. The van der Waals surface area contributed by atoms with Crippen LogP contribution in [0.4, 0.5) is 0 Å². The molecule has 1 aliphatic rings. The van der Waals surface area contributed by atoms with E-state index >= 15 is 0 Å². The predicted octanol–water partition coefficient (Wildman–Crippen LogP) is 2.69. The predicted molar refractivity (Wildman–Crippen MR) is 67.4 cm³/mol. The number of rotatable bonds is 3. The maximum atomic E-state index is 11.3. The number of benzene rings is 1. The van der Waals surface area contributed by atoms with Crippen LogP contribution in [0.5, 0.6) is 0 Å². The zero-order valence-corrected chi connectivity index (χ0v) is 10.8. The van der Waals surface area contributed by atoms with Crippen molar-refractivity contribution in [3.63, 3.8) is 0 Å². The molecule has 0 radical (unpaired) electrons. The first kappa shape index (κ1) is 12.6. The van der Waals surface area contributed by atoms with E-state index in [9.17, 15) is 8.42 Å². The summed E-state index contributed by atoms with van der Waals surface area (Å²) < 4.78 is 27.7. The van der Waals surface area contributed by atoms with E-state index in [4.69, 9.17) is 4.18 Å². The van der Waals surface area contributed by atoms with Crippen molar-refractivity contribution in [2.75, 3.05) is 6.26 Å². The van der Waals surface area contributed by atoms with Gasteiger partial charge in [-0.3, -0.25) is 4.18 Å². The standard InChI is InChI=1S/C13H18O3S/c1-17(14,15)16-13-10-6-5-9-12(13)11-7-3-2-4-8-11/h2-4,7-8,12-13H,5-6,9-10H2,1H3/t12-,13+/m0/s1. The summed E-state index contributed by atoms with van der Waals surface area (Å²) in [5.41, 5.74) is 1.18. The molecule has 0 N–H and O–H groups in total. The molecule has 0 saturated heterocycles. The SMILES string of the molecule is CS(=O)(=O)O[C@@H]1CCCC[C@H]1c1ccccc1. The molecule has 17 heavy (non-hydrogen) atoms. The topological polar surface area (TPSA) is 43.4 Å². The second-order valence-corrected chi connectivity index (χ2v) is 6.24. The highest BCUT2D eigenvalue weighted by molar-refractivity contribution is 7.86. The summed E-state index contributed by atoms with van der Waals surface area (Å²) in [5.74, 6) is 0.208. The third kappa shape index (κ3) is 3.54. The Kier molecular flexibility index (Phi) is 3.84. The van der Waals surface area contributed by atoms with Crippen LogP contribution in [0.1, 0.15) is 37.2 Å². The molecule has 0 bridgehead atoms. The van der Waals surface area contributed by atoms with E-state index in [1.807, 2.05) is 18.2 Å². The highest BCUT2D eigenvalue weighted by atomic mass is 32.2. The van der Waals surface area contributed by atoms with Gasteiger partial charge in [0.2, 0.25) is 0 Å². The Bertz CT molecular complexity index is 453. The number of hydrogen-bond donors (Lipinski definition) is 0. The van der Waals surface area contributed by atoms with Gasteiger partial charge in [-0.05, 0) is 18.4 Å². The second kappa shape index (κ2) is 5.19. The van der Waals surface area contributed by atoms with Crippen molar-refractivity contribution in [2.24, 2.45) is 0 Å². The minimum Gasteiger partial charge on any atom is -0.266 e. The molecular formula is C13H18O3S. The van der Waals surface area contributed by atoms with E-state index in [2.05, 4.69) is 12.1 Å². The molecule has 1 aromatic rings. The van der Waals surface area contributed by atoms with E-state index in [-0.39, 0.29) is 12.0 Å². The van der Waals surface area contributed by atoms with Gasteiger partial charge in [0, 0.05) is 5.92 Å². The Morgan fingerprint density at radius 1 is 1.12 bits per heavy atom. The summed E-state index contributed by atoms with van der Waals surface area (Å²) in [5, 5.41) is 0. The Labute approximate surface area is 103 Å². The van der Waals surface area contributed by atoms with Crippen molar-refractivity contribution in [1.82, 2.24) is 0 Å². The molecule has 4 heteroatoms.